The molecule has 0 saturated carbocycles. The lowest BCUT2D eigenvalue weighted by Gasteiger charge is -2.29. The molecule has 3 rings (SSSR count). The van der Waals surface area contributed by atoms with E-state index in [0.29, 0.717) is 6.04 Å². The molecule has 0 spiro atoms. The number of hydrogen-bond donors (Lipinski definition) is 1. The third-order valence-electron chi connectivity index (χ3n) is 4.99. The van der Waals surface area contributed by atoms with E-state index in [1.54, 1.807) is 0 Å². The maximum atomic E-state index is 5.95. The Morgan fingerprint density at radius 3 is 1.86 bits per heavy atom. The van der Waals surface area contributed by atoms with Crippen LogP contribution in [0.15, 0.2) is 84.9 Å². The van der Waals surface area contributed by atoms with Gasteiger partial charge in [0.15, 0.2) is 0 Å². The van der Waals surface area contributed by atoms with Crippen LogP contribution in [0.4, 0.5) is 0 Å². The summed E-state index contributed by atoms with van der Waals surface area (Å²) in [6.45, 7) is 3.20. The van der Waals surface area contributed by atoms with Gasteiger partial charge in [-0.25, -0.2) is 0 Å². The van der Waals surface area contributed by atoms with Crippen molar-refractivity contribution in [1.29, 1.82) is 0 Å². The van der Waals surface area contributed by atoms with Gasteiger partial charge in [0.1, 0.15) is 11.5 Å². The van der Waals surface area contributed by atoms with E-state index >= 15 is 0 Å². The van der Waals surface area contributed by atoms with Crippen LogP contribution in [0.1, 0.15) is 43.0 Å². The molecule has 0 aliphatic carbocycles. The SMILES string of the molecule is CCCC(N[C@H](CN(C)C)c1ccccc1)c1ccc(Oc2ccccc2)cc1. The highest BCUT2D eigenvalue weighted by Gasteiger charge is 2.19. The van der Waals surface area contributed by atoms with Gasteiger partial charge in [0.05, 0.1) is 0 Å². The van der Waals surface area contributed by atoms with Crippen molar-refractivity contribution < 1.29 is 4.74 Å². The number of nitrogens with zero attached hydrogens (tertiary/aromatic N) is 1. The Kier molecular flexibility index (Phi) is 7.85. The van der Waals surface area contributed by atoms with Crippen LogP contribution >= 0.6 is 0 Å². The highest BCUT2D eigenvalue weighted by molar-refractivity contribution is 5.34. The molecule has 152 valence electrons. The number of ether oxygens (including phenoxy) is 1. The summed E-state index contributed by atoms with van der Waals surface area (Å²) < 4.78 is 5.95. The average molecular weight is 389 g/mol. The molecule has 0 bridgehead atoms. The predicted octanol–water partition coefficient (Wildman–Crippen LogP) is 6.21. The van der Waals surface area contributed by atoms with Crippen molar-refractivity contribution in [3.8, 4) is 11.5 Å². The van der Waals surface area contributed by atoms with E-state index in [9.17, 15) is 0 Å². The van der Waals surface area contributed by atoms with Crippen molar-refractivity contribution in [3.05, 3.63) is 96.1 Å². The summed E-state index contributed by atoms with van der Waals surface area (Å²) in [5.74, 6) is 1.72. The Labute approximate surface area is 175 Å². The van der Waals surface area contributed by atoms with Gasteiger partial charge in [0.25, 0.3) is 0 Å². The standard InChI is InChI=1S/C26H32N2O/c1-4-11-25(27-26(20-28(2)3)21-12-7-5-8-13-21)22-16-18-24(19-17-22)29-23-14-9-6-10-15-23/h5-10,12-19,25-27H,4,11,20H2,1-3H3/t25?,26-/m1/s1. The third-order valence-corrected chi connectivity index (χ3v) is 4.99. The second-order valence-electron chi connectivity index (χ2n) is 7.72. The molecule has 0 radical (unpaired) electrons. The summed E-state index contributed by atoms with van der Waals surface area (Å²) in [6.07, 6.45) is 2.22. The monoisotopic (exact) mass is 388 g/mol. The van der Waals surface area contributed by atoms with Gasteiger partial charge >= 0.3 is 0 Å². The van der Waals surface area contributed by atoms with Crippen LogP contribution in [0, 0.1) is 0 Å². The van der Waals surface area contributed by atoms with Gasteiger partial charge in [-0.05, 0) is 55.9 Å². The second-order valence-corrected chi connectivity index (χ2v) is 7.72. The molecule has 2 atom stereocenters. The number of nitrogens with one attached hydrogen (secondary N) is 1. The summed E-state index contributed by atoms with van der Waals surface area (Å²) >= 11 is 0. The zero-order chi connectivity index (χ0) is 20.5. The zero-order valence-corrected chi connectivity index (χ0v) is 17.7. The Bertz CT molecular complexity index is 832. The van der Waals surface area contributed by atoms with Gasteiger partial charge < -0.3 is 15.0 Å². The van der Waals surface area contributed by atoms with Gasteiger partial charge in [0, 0.05) is 18.6 Å². The molecule has 1 N–H and O–H groups in total. The van der Waals surface area contributed by atoms with Crippen LogP contribution in [-0.2, 0) is 0 Å². The molecule has 29 heavy (non-hydrogen) atoms. The van der Waals surface area contributed by atoms with Crippen LogP contribution < -0.4 is 10.1 Å². The van der Waals surface area contributed by atoms with Gasteiger partial charge in [-0.3, -0.25) is 0 Å². The fourth-order valence-corrected chi connectivity index (χ4v) is 3.58. The van der Waals surface area contributed by atoms with E-state index < -0.39 is 0 Å². The van der Waals surface area contributed by atoms with E-state index in [2.05, 4.69) is 85.8 Å². The molecular weight excluding hydrogens is 356 g/mol. The van der Waals surface area contributed by atoms with E-state index in [0.717, 1.165) is 30.9 Å². The number of hydrogen-bond acceptors (Lipinski definition) is 3. The summed E-state index contributed by atoms with van der Waals surface area (Å²) in [4.78, 5) is 2.24. The van der Waals surface area contributed by atoms with E-state index in [-0.39, 0.29) is 6.04 Å². The first-order valence-corrected chi connectivity index (χ1v) is 10.4. The van der Waals surface area contributed by atoms with E-state index in [4.69, 9.17) is 4.74 Å². The third kappa shape index (κ3) is 6.45. The molecule has 3 heteroatoms. The number of benzene rings is 3. The first-order valence-electron chi connectivity index (χ1n) is 10.4. The molecule has 0 fully saturated rings. The van der Waals surface area contributed by atoms with Gasteiger partial charge in [-0.15, -0.1) is 0 Å². The minimum atomic E-state index is 0.281. The highest BCUT2D eigenvalue weighted by atomic mass is 16.5. The first-order chi connectivity index (χ1) is 14.2. The quantitative estimate of drug-likeness (QED) is 0.447. The normalized spacial score (nSPS) is 13.2. The van der Waals surface area contributed by atoms with Crippen molar-refractivity contribution in [2.24, 2.45) is 0 Å². The molecular formula is C26H32N2O. The lowest BCUT2D eigenvalue weighted by molar-refractivity contribution is 0.314. The van der Waals surface area contributed by atoms with Crippen LogP contribution in [-0.4, -0.2) is 25.5 Å². The molecule has 0 heterocycles. The van der Waals surface area contributed by atoms with E-state index in [1.807, 2.05) is 30.3 Å². The number of rotatable bonds is 10. The molecule has 0 aliphatic rings. The summed E-state index contributed by atoms with van der Waals surface area (Å²) in [5, 5.41) is 3.91. The molecule has 1 unspecified atom stereocenters. The second kappa shape index (κ2) is 10.8. The molecule has 0 aliphatic heterocycles. The molecule has 3 aromatic rings. The molecule has 0 saturated heterocycles. The van der Waals surface area contributed by atoms with Crippen LogP contribution in [0.2, 0.25) is 0 Å². The summed E-state index contributed by atoms with van der Waals surface area (Å²) in [6, 6.07) is 29.7. The molecule has 0 amide bonds. The largest absolute Gasteiger partial charge is 0.457 e. The molecule has 3 aromatic carbocycles. The van der Waals surface area contributed by atoms with Crippen molar-refractivity contribution in [2.75, 3.05) is 20.6 Å². The topological polar surface area (TPSA) is 24.5 Å². The maximum absolute atomic E-state index is 5.95. The van der Waals surface area contributed by atoms with Gasteiger partial charge in [-0.1, -0.05) is 74.0 Å². The molecule has 0 aromatic heterocycles. The summed E-state index contributed by atoms with van der Waals surface area (Å²) in [5.41, 5.74) is 2.62. The smallest absolute Gasteiger partial charge is 0.127 e. The predicted molar refractivity (Wildman–Crippen MR) is 121 cm³/mol. The Balaban J connectivity index is 1.75. The maximum Gasteiger partial charge on any atom is 0.127 e. The van der Waals surface area contributed by atoms with Crippen LogP contribution in [0.3, 0.4) is 0 Å². The van der Waals surface area contributed by atoms with Gasteiger partial charge in [0.2, 0.25) is 0 Å². The van der Waals surface area contributed by atoms with Crippen molar-refractivity contribution in [1.82, 2.24) is 10.2 Å². The Morgan fingerprint density at radius 1 is 0.724 bits per heavy atom. The van der Waals surface area contributed by atoms with Crippen molar-refractivity contribution in [2.45, 2.75) is 31.8 Å². The number of para-hydroxylation sites is 1. The van der Waals surface area contributed by atoms with E-state index in [1.165, 1.54) is 11.1 Å². The fraction of sp³-hybridized carbons (Fsp3) is 0.308. The number of likely N-dealkylation sites (N-methyl/N-ethyl adjacent to an activating group) is 1. The minimum absolute atomic E-state index is 0.281. The Hall–Kier alpha value is -2.62. The van der Waals surface area contributed by atoms with Crippen LogP contribution in [0.25, 0.3) is 0 Å². The van der Waals surface area contributed by atoms with Gasteiger partial charge in [-0.2, -0.15) is 0 Å². The van der Waals surface area contributed by atoms with Crippen molar-refractivity contribution in [3.63, 3.8) is 0 Å². The Morgan fingerprint density at radius 2 is 1.28 bits per heavy atom. The minimum Gasteiger partial charge on any atom is -0.457 e. The lowest BCUT2D eigenvalue weighted by Crippen LogP contribution is -2.33. The summed E-state index contributed by atoms with van der Waals surface area (Å²) in [7, 11) is 4.25. The highest BCUT2D eigenvalue weighted by Crippen LogP contribution is 2.27. The lowest BCUT2D eigenvalue weighted by atomic mass is 9.98. The molecule has 3 nitrogen and oxygen atoms in total. The zero-order valence-electron chi connectivity index (χ0n) is 17.7. The van der Waals surface area contributed by atoms with Crippen molar-refractivity contribution >= 4 is 0 Å². The fourth-order valence-electron chi connectivity index (χ4n) is 3.58. The van der Waals surface area contributed by atoms with Crippen LogP contribution in [0.5, 0.6) is 11.5 Å². The average Bonchev–Trinajstić information content (AvgIpc) is 2.74. The first kappa shape index (κ1) is 21.1.